The number of ketones is 1. The molecule has 0 amide bonds. The number of sulfonamides is 1. The third kappa shape index (κ3) is 4.15. The van der Waals surface area contributed by atoms with Gasteiger partial charge >= 0.3 is 5.97 Å². The minimum absolute atomic E-state index is 0.167. The first-order valence-electron chi connectivity index (χ1n) is 8.82. The first-order valence-corrected chi connectivity index (χ1v) is 10.7. The summed E-state index contributed by atoms with van der Waals surface area (Å²) in [6.45, 7) is 0.167. The molecule has 1 aromatic rings. The molecule has 0 spiro atoms. The SMILES string of the molecule is CS(=O)(=O)N1CCCc2cc(C(=O)COC(=O)[C@@H]3CC=CCC3)ccc21. The van der Waals surface area contributed by atoms with Crippen molar-refractivity contribution < 1.29 is 22.7 Å². The van der Waals surface area contributed by atoms with Crippen molar-refractivity contribution in [1.29, 1.82) is 0 Å². The number of hydrogen-bond acceptors (Lipinski definition) is 5. The largest absolute Gasteiger partial charge is 0.457 e. The van der Waals surface area contributed by atoms with E-state index in [2.05, 4.69) is 0 Å². The van der Waals surface area contributed by atoms with Crippen molar-refractivity contribution in [3.8, 4) is 0 Å². The molecular weight excluding hydrogens is 354 g/mol. The van der Waals surface area contributed by atoms with Gasteiger partial charge in [0.1, 0.15) is 0 Å². The summed E-state index contributed by atoms with van der Waals surface area (Å²) in [5.41, 5.74) is 1.90. The van der Waals surface area contributed by atoms with Gasteiger partial charge in [0, 0.05) is 12.1 Å². The lowest BCUT2D eigenvalue weighted by Gasteiger charge is -2.29. The van der Waals surface area contributed by atoms with Crippen LogP contribution in [0.25, 0.3) is 0 Å². The number of aryl methyl sites for hydroxylation is 1. The van der Waals surface area contributed by atoms with Gasteiger partial charge in [-0.25, -0.2) is 8.42 Å². The van der Waals surface area contributed by atoms with E-state index < -0.39 is 10.0 Å². The zero-order valence-electron chi connectivity index (χ0n) is 14.8. The number of carbonyl (C=O) groups is 2. The molecule has 1 heterocycles. The molecule has 0 fully saturated rings. The van der Waals surface area contributed by atoms with E-state index in [1.54, 1.807) is 18.2 Å². The standard InChI is InChI=1S/C19H23NO5S/c1-26(23,24)20-11-5-8-15-12-16(9-10-17(15)20)18(21)13-25-19(22)14-6-3-2-4-7-14/h2-3,9-10,12,14H,4-8,11,13H2,1H3/t14-/m1/s1. The predicted octanol–water partition coefficient (Wildman–Crippen LogP) is 2.48. The Hall–Kier alpha value is -2.15. The van der Waals surface area contributed by atoms with E-state index in [0.717, 1.165) is 24.8 Å². The summed E-state index contributed by atoms with van der Waals surface area (Å²) >= 11 is 0. The maximum Gasteiger partial charge on any atom is 0.309 e. The Balaban J connectivity index is 1.67. The minimum Gasteiger partial charge on any atom is -0.457 e. The molecular formula is C19H23NO5S. The summed E-state index contributed by atoms with van der Waals surface area (Å²) in [4.78, 5) is 24.4. The fourth-order valence-electron chi connectivity index (χ4n) is 3.43. The van der Waals surface area contributed by atoms with E-state index in [9.17, 15) is 18.0 Å². The van der Waals surface area contributed by atoms with Crippen LogP contribution in [0.15, 0.2) is 30.4 Å². The predicted molar refractivity (Wildman–Crippen MR) is 98.7 cm³/mol. The quantitative estimate of drug-likeness (QED) is 0.447. The van der Waals surface area contributed by atoms with E-state index in [1.807, 2.05) is 12.2 Å². The topological polar surface area (TPSA) is 80.8 Å². The molecule has 3 rings (SSSR count). The molecule has 140 valence electrons. The molecule has 1 atom stereocenters. The lowest BCUT2D eigenvalue weighted by Crippen LogP contribution is -2.34. The van der Waals surface area contributed by atoms with Gasteiger partial charge in [-0.05, 0) is 55.9 Å². The molecule has 7 heteroatoms. The molecule has 26 heavy (non-hydrogen) atoms. The summed E-state index contributed by atoms with van der Waals surface area (Å²) in [6.07, 6.45) is 8.89. The van der Waals surface area contributed by atoms with Crippen LogP contribution in [0.1, 0.15) is 41.6 Å². The second-order valence-corrected chi connectivity index (χ2v) is 8.70. The first-order chi connectivity index (χ1) is 12.4. The van der Waals surface area contributed by atoms with E-state index in [4.69, 9.17) is 4.74 Å². The number of Topliss-reactive ketones (excluding diaryl/α,β-unsaturated/α-hetero) is 1. The van der Waals surface area contributed by atoms with Crippen LogP contribution in [0.2, 0.25) is 0 Å². The number of ether oxygens (including phenoxy) is 1. The van der Waals surface area contributed by atoms with Gasteiger partial charge in [0.2, 0.25) is 10.0 Å². The molecule has 0 aromatic heterocycles. The minimum atomic E-state index is -3.33. The highest BCUT2D eigenvalue weighted by Crippen LogP contribution is 2.30. The van der Waals surface area contributed by atoms with Crippen molar-refractivity contribution in [3.63, 3.8) is 0 Å². The summed E-state index contributed by atoms with van der Waals surface area (Å²) < 4.78 is 30.3. The monoisotopic (exact) mass is 377 g/mol. The molecule has 0 radical (unpaired) electrons. The summed E-state index contributed by atoms with van der Waals surface area (Å²) in [5.74, 6) is -0.771. The number of anilines is 1. The molecule has 0 bridgehead atoms. The number of hydrogen-bond donors (Lipinski definition) is 0. The van der Waals surface area contributed by atoms with E-state index in [1.165, 1.54) is 10.6 Å². The molecule has 1 aromatic carbocycles. The number of benzene rings is 1. The maximum absolute atomic E-state index is 12.4. The van der Waals surface area contributed by atoms with Gasteiger partial charge in [-0.15, -0.1) is 0 Å². The van der Waals surface area contributed by atoms with Gasteiger partial charge in [-0.2, -0.15) is 0 Å². The highest BCUT2D eigenvalue weighted by Gasteiger charge is 2.25. The number of nitrogens with zero attached hydrogens (tertiary/aromatic N) is 1. The molecule has 0 unspecified atom stereocenters. The molecule has 2 aliphatic rings. The summed E-state index contributed by atoms with van der Waals surface area (Å²) in [7, 11) is -3.33. The van der Waals surface area contributed by atoms with Crippen LogP contribution >= 0.6 is 0 Å². The Kier molecular flexibility index (Phi) is 5.46. The lowest BCUT2D eigenvalue weighted by atomic mass is 9.95. The average Bonchev–Trinajstić information content (AvgIpc) is 2.64. The Morgan fingerprint density at radius 1 is 1.27 bits per heavy atom. The lowest BCUT2D eigenvalue weighted by molar-refractivity contribution is -0.147. The van der Waals surface area contributed by atoms with Gasteiger partial charge in [0.25, 0.3) is 0 Å². The number of rotatable bonds is 5. The van der Waals surface area contributed by atoms with Gasteiger partial charge in [0.15, 0.2) is 12.4 Å². The van der Waals surface area contributed by atoms with Gasteiger partial charge < -0.3 is 4.74 Å². The van der Waals surface area contributed by atoms with Gasteiger partial charge in [-0.1, -0.05) is 12.2 Å². The number of carbonyl (C=O) groups excluding carboxylic acids is 2. The first kappa shape index (κ1) is 18.6. The van der Waals surface area contributed by atoms with Crippen LogP contribution in [0, 0.1) is 5.92 Å². The van der Waals surface area contributed by atoms with Gasteiger partial charge in [-0.3, -0.25) is 13.9 Å². The molecule has 0 saturated carbocycles. The fraction of sp³-hybridized carbons (Fsp3) is 0.474. The van der Waals surface area contributed by atoms with Crippen LogP contribution < -0.4 is 4.31 Å². The third-order valence-corrected chi connectivity index (χ3v) is 6.01. The Labute approximate surface area is 153 Å². The second kappa shape index (κ2) is 7.61. The van der Waals surface area contributed by atoms with E-state index in [0.29, 0.717) is 30.6 Å². The van der Waals surface area contributed by atoms with Crippen molar-refractivity contribution >= 4 is 27.5 Å². The fourth-order valence-corrected chi connectivity index (χ4v) is 4.42. The van der Waals surface area contributed by atoms with Crippen LogP contribution in [0.4, 0.5) is 5.69 Å². The highest BCUT2D eigenvalue weighted by atomic mass is 32.2. The zero-order chi connectivity index (χ0) is 18.7. The average molecular weight is 377 g/mol. The summed E-state index contributed by atoms with van der Waals surface area (Å²) in [5, 5.41) is 0. The smallest absolute Gasteiger partial charge is 0.309 e. The Bertz CT molecular complexity index is 843. The normalized spacial score (nSPS) is 19.7. The summed E-state index contributed by atoms with van der Waals surface area (Å²) in [6, 6.07) is 4.98. The number of fused-ring (bicyclic) bond motifs is 1. The Morgan fingerprint density at radius 3 is 2.77 bits per heavy atom. The maximum atomic E-state index is 12.4. The van der Waals surface area contributed by atoms with Crippen molar-refractivity contribution in [1.82, 2.24) is 0 Å². The molecule has 6 nitrogen and oxygen atoms in total. The van der Waals surface area contributed by atoms with Crippen molar-refractivity contribution in [2.24, 2.45) is 5.92 Å². The van der Waals surface area contributed by atoms with Crippen LogP contribution in [0.5, 0.6) is 0 Å². The number of esters is 1. The van der Waals surface area contributed by atoms with Gasteiger partial charge in [0.05, 0.1) is 17.9 Å². The van der Waals surface area contributed by atoms with Crippen molar-refractivity contribution in [2.75, 3.05) is 23.7 Å². The van der Waals surface area contributed by atoms with E-state index >= 15 is 0 Å². The zero-order valence-corrected chi connectivity index (χ0v) is 15.6. The molecule has 0 saturated heterocycles. The van der Waals surface area contributed by atoms with Crippen molar-refractivity contribution in [3.05, 3.63) is 41.5 Å². The molecule has 0 N–H and O–H groups in total. The highest BCUT2D eigenvalue weighted by molar-refractivity contribution is 7.92. The molecule has 1 aliphatic heterocycles. The van der Waals surface area contributed by atoms with Crippen LogP contribution in [-0.4, -0.2) is 39.6 Å². The van der Waals surface area contributed by atoms with Crippen LogP contribution in [-0.2, 0) is 26.0 Å². The number of allylic oxidation sites excluding steroid dienone is 2. The Morgan fingerprint density at radius 2 is 2.08 bits per heavy atom. The van der Waals surface area contributed by atoms with Crippen molar-refractivity contribution in [2.45, 2.75) is 32.1 Å². The molecule has 1 aliphatic carbocycles. The van der Waals surface area contributed by atoms with Crippen LogP contribution in [0.3, 0.4) is 0 Å². The van der Waals surface area contributed by atoms with E-state index in [-0.39, 0.29) is 24.3 Å². The second-order valence-electron chi connectivity index (χ2n) is 6.79. The third-order valence-electron chi connectivity index (χ3n) is 4.83.